The van der Waals surface area contributed by atoms with E-state index in [2.05, 4.69) is 39.5 Å². The molecule has 24 heavy (non-hydrogen) atoms. The van der Waals surface area contributed by atoms with E-state index in [1.54, 1.807) is 0 Å². The van der Waals surface area contributed by atoms with Gasteiger partial charge in [0.2, 0.25) is 5.89 Å². The number of halogens is 1. The van der Waals surface area contributed by atoms with Crippen molar-refractivity contribution >= 4 is 29.9 Å². The molecule has 6 nitrogen and oxygen atoms in total. The molecule has 1 fully saturated rings. The number of nitrogens with zero attached hydrogens (tertiary/aromatic N) is 3. The molecule has 2 rings (SSSR count). The molecule has 2 heterocycles. The molecule has 0 saturated carbocycles. The van der Waals surface area contributed by atoms with E-state index < -0.39 is 0 Å². The smallest absolute Gasteiger partial charge is 0.216 e. The lowest BCUT2D eigenvalue weighted by atomic mass is 9.94. The number of aliphatic imine (C=N–C) groups is 1. The molecule has 0 amide bonds. The van der Waals surface area contributed by atoms with Crippen LogP contribution in [0.5, 0.6) is 0 Å². The number of likely N-dealkylation sites (tertiary alicyclic amines) is 1. The second kappa shape index (κ2) is 10.9. The number of hydrogen-bond acceptors (Lipinski definition) is 4. The van der Waals surface area contributed by atoms with Crippen molar-refractivity contribution < 1.29 is 4.42 Å². The Morgan fingerprint density at radius 3 is 2.58 bits per heavy atom. The molecule has 1 saturated heterocycles. The molecule has 0 atom stereocenters. The second-order valence-electron chi connectivity index (χ2n) is 6.41. The zero-order valence-corrected chi connectivity index (χ0v) is 17.7. The summed E-state index contributed by atoms with van der Waals surface area (Å²) in [6.45, 7) is 10.7. The fraction of sp³-hybridized carbons (Fsp3) is 0.765. The highest BCUT2D eigenvalue weighted by molar-refractivity contribution is 14.0. The molecule has 7 heteroatoms. The Kier molecular flexibility index (Phi) is 9.65. The minimum atomic E-state index is 0. The minimum Gasteiger partial charge on any atom is -0.444 e. The van der Waals surface area contributed by atoms with Crippen molar-refractivity contribution in [3.8, 4) is 0 Å². The Morgan fingerprint density at radius 2 is 2.00 bits per heavy atom. The first-order chi connectivity index (χ1) is 11.1. The lowest BCUT2D eigenvalue weighted by Crippen LogP contribution is -2.39. The van der Waals surface area contributed by atoms with E-state index in [0.29, 0.717) is 12.4 Å². The number of rotatable bonds is 6. The maximum absolute atomic E-state index is 5.57. The fourth-order valence-corrected chi connectivity index (χ4v) is 2.84. The van der Waals surface area contributed by atoms with Crippen molar-refractivity contribution in [3.63, 3.8) is 0 Å². The van der Waals surface area contributed by atoms with Crippen LogP contribution in [0.3, 0.4) is 0 Å². The van der Waals surface area contributed by atoms with Crippen molar-refractivity contribution in [1.29, 1.82) is 0 Å². The third-order valence-corrected chi connectivity index (χ3v) is 4.47. The maximum Gasteiger partial charge on any atom is 0.216 e. The monoisotopic (exact) mass is 449 g/mol. The van der Waals surface area contributed by atoms with E-state index in [-0.39, 0.29) is 24.0 Å². The summed E-state index contributed by atoms with van der Waals surface area (Å²) >= 11 is 0. The third-order valence-electron chi connectivity index (χ3n) is 4.47. The van der Waals surface area contributed by atoms with Gasteiger partial charge in [0.15, 0.2) is 5.96 Å². The number of aryl methyl sites for hydroxylation is 2. The average molecular weight is 449 g/mol. The topological polar surface area (TPSA) is 65.7 Å². The van der Waals surface area contributed by atoms with Gasteiger partial charge < -0.3 is 20.0 Å². The number of hydrogen-bond donors (Lipinski definition) is 2. The molecule has 1 aromatic rings. The summed E-state index contributed by atoms with van der Waals surface area (Å²) in [5.74, 6) is 3.22. The van der Waals surface area contributed by atoms with E-state index in [1.165, 1.54) is 32.4 Å². The van der Waals surface area contributed by atoms with Gasteiger partial charge in [-0.15, -0.1) is 24.0 Å². The Hall–Kier alpha value is -0.830. The fourth-order valence-electron chi connectivity index (χ4n) is 2.84. The van der Waals surface area contributed by atoms with Crippen LogP contribution in [0.1, 0.15) is 43.5 Å². The van der Waals surface area contributed by atoms with Gasteiger partial charge in [-0.05, 0) is 66.1 Å². The first-order valence-corrected chi connectivity index (χ1v) is 8.72. The van der Waals surface area contributed by atoms with Gasteiger partial charge in [0.1, 0.15) is 12.3 Å². The molecule has 0 aromatic carbocycles. The molecular formula is C17H32IN5O. The summed E-state index contributed by atoms with van der Waals surface area (Å²) in [4.78, 5) is 11.3. The van der Waals surface area contributed by atoms with Gasteiger partial charge in [-0.25, -0.2) is 9.98 Å². The predicted molar refractivity (Wildman–Crippen MR) is 109 cm³/mol. The van der Waals surface area contributed by atoms with Crippen LogP contribution in [-0.4, -0.2) is 49.1 Å². The first-order valence-electron chi connectivity index (χ1n) is 8.72. The van der Waals surface area contributed by atoms with E-state index in [0.717, 1.165) is 36.4 Å². The van der Waals surface area contributed by atoms with Gasteiger partial charge in [0, 0.05) is 13.1 Å². The highest BCUT2D eigenvalue weighted by Crippen LogP contribution is 2.18. The Balaban J connectivity index is 0.00000288. The van der Waals surface area contributed by atoms with E-state index in [4.69, 9.17) is 4.42 Å². The van der Waals surface area contributed by atoms with Gasteiger partial charge in [0.25, 0.3) is 0 Å². The van der Waals surface area contributed by atoms with Crippen LogP contribution >= 0.6 is 24.0 Å². The van der Waals surface area contributed by atoms with Crippen molar-refractivity contribution in [3.05, 3.63) is 17.3 Å². The van der Waals surface area contributed by atoms with Gasteiger partial charge in [-0.3, -0.25) is 0 Å². The standard InChI is InChI=1S/C17H31N5O.HI/c1-5-18-17(20-12-16-21-13(2)14(3)23-16)19-9-6-15-7-10-22(4)11-8-15;/h15H,5-12H2,1-4H3,(H2,18,19,20);1H. The van der Waals surface area contributed by atoms with Crippen molar-refractivity contribution in [2.45, 2.75) is 46.6 Å². The molecule has 1 aliphatic heterocycles. The van der Waals surface area contributed by atoms with Crippen LogP contribution in [0, 0.1) is 19.8 Å². The van der Waals surface area contributed by atoms with E-state index >= 15 is 0 Å². The number of oxazole rings is 1. The molecular weight excluding hydrogens is 417 g/mol. The Labute approximate surface area is 162 Å². The van der Waals surface area contributed by atoms with Crippen LogP contribution in [0.2, 0.25) is 0 Å². The zero-order valence-electron chi connectivity index (χ0n) is 15.4. The Bertz CT molecular complexity index is 490. The molecule has 2 N–H and O–H groups in total. The second-order valence-corrected chi connectivity index (χ2v) is 6.41. The summed E-state index contributed by atoms with van der Waals surface area (Å²) < 4.78 is 5.57. The summed E-state index contributed by atoms with van der Waals surface area (Å²) in [5, 5.41) is 6.71. The summed E-state index contributed by atoms with van der Waals surface area (Å²) in [7, 11) is 2.20. The van der Waals surface area contributed by atoms with Crippen molar-refractivity contribution in [1.82, 2.24) is 20.5 Å². The number of aromatic nitrogens is 1. The van der Waals surface area contributed by atoms with Gasteiger partial charge in [0.05, 0.1) is 5.69 Å². The van der Waals surface area contributed by atoms with E-state index in [1.807, 2.05) is 13.8 Å². The summed E-state index contributed by atoms with van der Waals surface area (Å²) in [5.41, 5.74) is 0.940. The zero-order chi connectivity index (χ0) is 16.7. The highest BCUT2D eigenvalue weighted by atomic mass is 127. The quantitative estimate of drug-likeness (QED) is 0.397. The van der Waals surface area contributed by atoms with Gasteiger partial charge in [-0.1, -0.05) is 0 Å². The largest absolute Gasteiger partial charge is 0.444 e. The lowest BCUT2D eigenvalue weighted by Gasteiger charge is -2.29. The van der Waals surface area contributed by atoms with Crippen molar-refractivity contribution in [2.75, 3.05) is 33.2 Å². The van der Waals surface area contributed by atoms with E-state index in [9.17, 15) is 0 Å². The first kappa shape index (κ1) is 21.2. The van der Waals surface area contributed by atoms with Crippen LogP contribution in [0.25, 0.3) is 0 Å². The van der Waals surface area contributed by atoms with Crippen LogP contribution in [0.4, 0.5) is 0 Å². The number of guanidine groups is 1. The third kappa shape index (κ3) is 6.96. The SMILES string of the molecule is CCNC(=NCc1nc(C)c(C)o1)NCCC1CCN(C)CC1.I. The molecule has 0 radical (unpaired) electrons. The molecule has 0 spiro atoms. The maximum atomic E-state index is 5.57. The predicted octanol–water partition coefficient (Wildman–Crippen LogP) is 2.70. The van der Waals surface area contributed by atoms with Crippen LogP contribution in [-0.2, 0) is 6.54 Å². The number of nitrogens with one attached hydrogen (secondary N) is 2. The van der Waals surface area contributed by atoms with Gasteiger partial charge in [-0.2, -0.15) is 0 Å². The Morgan fingerprint density at radius 1 is 1.29 bits per heavy atom. The minimum absolute atomic E-state index is 0. The van der Waals surface area contributed by atoms with Crippen molar-refractivity contribution in [2.24, 2.45) is 10.9 Å². The highest BCUT2D eigenvalue weighted by Gasteiger charge is 2.16. The van der Waals surface area contributed by atoms with Crippen LogP contribution < -0.4 is 10.6 Å². The molecule has 0 unspecified atom stereocenters. The molecule has 1 aliphatic rings. The normalized spacial score (nSPS) is 16.8. The van der Waals surface area contributed by atoms with Crippen LogP contribution in [0.15, 0.2) is 9.41 Å². The van der Waals surface area contributed by atoms with Gasteiger partial charge >= 0.3 is 0 Å². The molecule has 1 aromatic heterocycles. The average Bonchev–Trinajstić information content (AvgIpc) is 2.85. The number of piperidine rings is 1. The lowest BCUT2D eigenvalue weighted by molar-refractivity contribution is 0.213. The molecule has 0 bridgehead atoms. The molecule has 138 valence electrons. The molecule has 0 aliphatic carbocycles. The summed E-state index contributed by atoms with van der Waals surface area (Å²) in [6.07, 6.45) is 3.82. The summed E-state index contributed by atoms with van der Waals surface area (Å²) in [6, 6.07) is 0.